The van der Waals surface area contributed by atoms with Gasteiger partial charge in [-0.1, -0.05) is 113 Å². The molecule has 4 radical (unpaired) electrons. The Kier molecular flexibility index (Phi) is 19.2. The van der Waals surface area contributed by atoms with Crippen molar-refractivity contribution >= 4 is 44.1 Å². The van der Waals surface area contributed by atoms with Crippen molar-refractivity contribution in [2.75, 3.05) is 0 Å². The quantitative estimate of drug-likeness (QED) is 0.184. The van der Waals surface area contributed by atoms with E-state index in [1.165, 1.54) is 24.0 Å². The number of hydrogen-bond acceptors (Lipinski definition) is 0. The Morgan fingerprint density at radius 1 is 0.884 bits per heavy atom. The summed E-state index contributed by atoms with van der Waals surface area (Å²) < 4.78 is 0. The first kappa shape index (κ1) is 47.1. The van der Waals surface area contributed by atoms with Gasteiger partial charge in [0.1, 0.15) is 0 Å². The van der Waals surface area contributed by atoms with Crippen molar-refractivity contribution in [1.29, 1.82) is 0 Å². The van der Waals surface area contributed by atoms with E-state index in [1.54, 1.807) is 28.2 Å². The predicted molar refractivity (Wildman–Crippen MR) is 198 cm³/mol. The van der Waals surface area contributed by atoms with Gasteiger partial charge in [0, 0.05) is 0 Å². The van der Waals surface area contributed by atoms with Gasteiger partial charge in [-0.15, -0.1) is 38.2 Å². The molecule has 0 aromatic heterocycles. The summed E-state index contributed by atoms with van der Waals surface area (Å²) >= 11 is -0.159. The van der Waals surface area contributed by atoms with Crippen LogP contribution in [0.4, 0.5) is 0 Å². The van der Waals surface area contributed by atoms with Gasteiger partial charge in [0.2, 0.25) is 0 Å². The van der Waals surface area contributed by atoms with Crippen LogP contribution < -0.4 is 0 Å². The van der Waals surface area contributed by atoms with Gasteiger partial charge in [0.15, 0.2) is 0 Å². The van der Waals surface area contributed by atoms with Crippen LogP contribution in [-0.4, -0.2) is 13.8 Å². The topological polar surface area (TPSA) is 0 Å². The van der Waals surface area contributed by atoms with Crippen molar-refractivity contribution in [2.45, 2.75) is 81.1 Å². The second kappa shape index (κ2) is 17.6. The van der Waals surface area contributed by atoms with E-state index in [-0.39, 0.29) is 96.6 Å². The Labute approximate surface area is 295 Å². The third-order valence-electron chi connectivity index (χ3n) is 11.4. The number of fused-ring (bicyclic) bond motifs is 6. The molecule has 0 spiro atoms. The van der Waals surface area contributed by atoms with Crippen LogP contribution in [0.1, 0.15) is 85.8 Å². The molecule has 0 amide bonds. The fraction of sp³-hybridized carbons (Fsp3) is 0.447. The Bertz CT molecular complexity index is 1260. The molecule has 0 N–H and O–H groups in total. The van der Waals surface area contributed by atoms with E-state index in [1.807, 2.05) is 12.2 Å². The summed E-state index contributed by atoms with van der Waals surface area (Å²) in [5.74, 6) is 2.24. The molecule has 240 valence electrons. The summed E-state index contributed by atoms with van der Waals surface area (Å²) in [5, 5.41) is 0. The van der Waals surface area contributed by atoms with Crippen LogP contribution in [0.2, 0.25) is 0 Å². The van der Waals surface area contributed by atoms with E-state index in [9.17, 15) is 0 Å². The third kappa shape index (κ3) is 7.17. The number of hydrogen-bond donors (Lipinski definition) is 0. The molecule has 1 aromatic carbocycles. The average Bonchev–Trinajstić information content (AvgIpc) is 3.55. The predicted octanol–water partition coefficient (Wildman–Crippen LogP) is 11.2. The van der Waals surface area contributed by atoms with Crippen LogP contribution in [0.15, 0.2) is 71.4 Å². The molecule has 5 aliphatic carbocycles. The molecule has 0 aliphatic heterocycles. The van der Waals surface area contributed by atoms with Crippen LogP contribution in [0.25, 0.3) is 5.57 Å². The SMILES string of the molecule is C[C-]1C2=C3Cc4ccccc4C3=C3C=CCCC3C2(C)C(C)(C)C(C)(C)C1(C)C.Cl.Cl.[C-]1=CC=CC1.[CH3-].[CH3-].[CH3-].[CH3-].[Si]=[Zr]=[Si]. The Balaban J connectivity index is -0.00000102. The molecule has 0 saturated heterocycles. The van der Waals surface area contributed by atoms with Crippen molar-refractivity contribution in [3.63, 3.8) is 0 Å². The van der Waals surface area contributed by atoms with Crippen molar-refractivity contribution < 1.29 is 20.5 Å². The minimum absolute atomic E-state index is 0. The van der Waals surface area contributed by atoms with Gasteiger partial charge < -0.3 is 29.7 Å². The van der Waals surface area contributed by atoms with Gasteiger partial charge >= 0.3 is 34.2 Å². The van der Waals surface area contributed by atoms with Gasteiger partial charge in [-0.2, -0.15) is 17.2 Å². The molecular weight excluding hydrogens is 675 g/mol. The standard InChI is InChI=1S/C29H37.C5H5.4CH3.2ClH.2Si.Zr/c1-18-25-22-17-19-13-9-10-14-20(19)24(22)21-15-11-12-16-23(21)29(25,8)28(6,7)27(4,5)26(18,2)3;1-2-4-5-3-1;;;;;;;;;/h9-11,13-15,23H,12,16-17H2,1-8H3;1-3H,4H2;4*1H3;2*1H;;;/q6*-1;;;;;. The molecular formula is C38H56Cl2Si2Zr-6. The van der Waals surface area contributed by atoms with E-state index in [4.69, 9.17) is 0 Å². The molecule has 6 rings (SSSR count). The Morgan fingerprint density at radius 2 is 1.47 bits per heavy atom. The van der Waals surface area contributed by atoms with Crippen molar-refractivity contribution in [3.05, 3.63) is 124 Å². The summed E-state index contributed by atoms with van der Waals surface area (Å²) in [4.78, 5) is 0. The van der Waals surface area contributed by atoms with E-state index in [0.717, 1.165) is 12.8 Å². The third-order valence-corrected chi connectivity index (χ3v) is 11.4. The number of benzene rings is 1. The van der Waals surface area contributed by atoms with E-state index in [0.29, 0.717) is 5.92 Å². The molecule has 43 heavy (non-hydrogen) atoms. The first-order valence-corrected chi connectivity index (χ1v) is 22.1. The Morgan fingerprint density at radius 3 is 1.98 bits per heavy atom. The molecule has 1 saturated carbocycles. The van der Waals surface area contributed by atoms with Crippen LogP contribution in [0.5, 0.6) is 0 Å². The second-order valence-corrected chi connectivity index (χ2v) is 19.4. The first-order chi connectivity index (χ1) is 17.4. The Hall–Kier alpha value is -0.313. The van der Waals surface area contributed by atoms with Gasteiger partial charge in [0.25, 0.3) is 0 Å². The van der Waals surface area contributed by atoms with Crippen molar-refractivity contribution in [1.82, 2.24) is 0 Å². The van der Waals surface area contributed by atoms with Crippen LogP contribution in [0.3, 0.4) is 0 Å². The average molecular weight is 731 g/mol. The van der Waals surface area contributed by atoms with Crippen LogP contribution >= 0.6 is 24.8 Å². The molecule has 5 aliphatic rings. The molecule has 5 heteroatoms. The molecule has 2 atom stereocenters. The number of allylic oxidation sites excluding steroid dienone is 10. The number of rotatable bonds is 0. The van der Waals surface area contributed by atoms with Crippen LogP contribution in [0, 0.1) is 69.3 Å². The fourth-order valence-electron chi connectivity index (χ4n) is 7.91. The summed E-state index contributed by atoms with van der Waals surface area (Å²) in [6.07, 6.45) is 18.5. The summed E-state index contributed by atoms with van der Waals surface area (Å²) in [5.41, 5.74) is 10.3. The summed E-state index contributed by atoms with van der Waals surface area (Å²) in [6, 6.07) is 9.16. The van der Waals surface area contributed by atoms with Gasteiger partial charge in [-0.05, 0) is 40.6 Å². The zero-order chi connectivity index (χ0) is 27.2. The first-order valence-electron chi connectivity index (χ1n) is 13.8. The minimum atomic E-state index is -0.159. The van der Waals surface area contributed by atoms with Crippen molar-refractivity contribution in [3.8, 4) is 0 Å². The maximum atomic E-state index is 3.27. The molecule has 1 fully saturated rings. The van der Waals surface area contributed by atoms with Gasteiger partial charge in [0.05, 0.1) is 0 Å². The summed E-state index contributed by atoms with van der Waals surface area (Å²) in [7, 11) is 0. The van der Waals surface area contributed by atoms with Gasteiger partial charge in [-0.3, -0.25) is 6.08 Å². The van der Waals surface area contributed by atoms with Crippen molar-refractivity contribution in [2.24, 2.45) is 27.6 Å². The number of halogens is 2. The molecule has 0 heterocycles. The second-order valence-electron chi connectivity index (χ2n) is 12.9. The molecule has 0 bridgehead atoms. The zero-order valence-electron chi connectivity index (χ0n) is 28.9. The molecule has 2 unspecified atom stereocenters. The molecule has 1 aromatic rings. The van der Waals surface area contributed by atoms with Crippen LogP contribution in [-0.2, 0) is 26.9 Å². The maximum absolute atomic E-state index is 3.27. The normalized spacial score (nSPS) is 24.7. The monoisotopic (exact) mass is 728 g/mol. The van der Waals surface area contributed by atoms with E-state index in [2.05, 4.69) is 118 Å². The van der Waals surface area contributed by atoms with E-state index < -0.39 is 0 Å². The van der Waals surface area contributed by atoms with E-state index >= 15 is 0 Å². The van der Waals surface area contributed by atoms with Gasteiger partial charge in [-0.25, -0.2) is 18.1 Å². The fourth-order valence-corrected chi connectivity index (χ4v) is 7.91. The summed E-state index contributed by atoms with van der Waals surface area (Å²) in [6.45, 7) is 26.8. The zero-order valence-corrected chi connectivity index (χ0v) is 35.0. The molecule has 0 nitrogen and oxygen atoms in total.